The summed E-state index contributed by atoms with van der Waals surface area (Å²) in [6.07, 6.45) is -0.636. The topological polar surface area (TPSA) is 144 Å². The van der Waals surface area contributed by atoms with Crippen molar-refractivity contribution in [1.29, 1.82) is 0 Å². The van der Waals surface area contributed by atoms with Gasteiger partial charge in [-0.25, -0.2) is 0 Å². The Bertz CT molecular complexity index is 254. The third-order valence-electron chi connectivity index (χ3n) is 1.77. The lowest BCUT2D eigenvalue weighted by Gasteiger charge is -2.23. The number of carboxylic acid groups (broad SMARTS) is 2. The number of nitrogens with two attached hydrogens (primary N) is 2. The standard InChI is InChI=1S/C7H12N2O5/c8-4(5(11)12)3-7(9,1-2-10)6(13)14/h2,4H,1,3,8-9H2,(H,11,12)(H,13,14)/t4-,7+/m0/s1. The highest BCUT2D eigenvalue weighted by atomic mass is 16.4. The molecule has 0 aromatic carbocycles. The Labute approximate surface area is 79.7 Å². The molecule has 0 aliphatic carbocycles. The molecule has 0 unspecified atom stereocenters. The van der Waals surface area contributed by atoms with Gasteiger partial charge in [0.05, 0.1) is 0 Å². The van der Waals surface area contributed by atoms with Crippen LogP contribution in [0.15, 0.2) is 0 Å². The van der Waals surface area contributed by atoms with E-state index >= 15 is 0 Å². The molecule has 0 amide bonds. The molecule has 0 heterocycles. The van der Waals surface area contributed by atoms with Crippen molar-refractivity contribution in [3.8, 4) is 0 Å². The van der Waals surface area contributed by atoms with E-state index in [4.69, 9.17) is 21.7 Å². The van der Waals surface area contributed by atoms with E-state index in [0.29, 0.717) is 6.29 Å². The molecule has 0 fully saturated rings. The largest absolute Gasteiger partial charge is 0.480 e. The van der Waals surface area contributed by atoms with Crippen LogP contribution in [0, 0.1) is 0 Å². The predicted octanol–water partition coefficient (Wildman–Crippen LogP) is -1.84. The molecule has 2 atom stereocenters. The van der Waals surface area contributed by atoms with Gasteiger partial charge in [-0.1, -0.05) is 0 Å². The van der Waals surface area contributed by atoms with Crippen molar-refractivity contribution in [2.45, 2.75) is 24.4 Å². The summed E-state index contributed by atoms with van der Waals surface area (Å²) in [7, 11) is 0. The smallest absolute Gasteiger partial charge is 0.324 e. The zero-order valence-corrected chi connectivity index (χ0v) is 7.34. The number of hydrogen-bond donors (Lipinski definition) is 4. The Hall–Kier alpha value is -1.47. The number of aldehydes is 1. The van der Waals surface area contributed by atoms with Crippen LogP contribution in [0.4, 0.5) is 0 Å². The van der Waals surface area contributed by atoms with E-state index in [9.17, 15) is 14.4 Å². The van der Waals surface area contributed by atoms with Gasteiger partial charge in [-0.15, -0.1) is 0 Å². The van der Waals surface area contributed by atoms with Gasteiger partial charge in [0.2, 0.25) is 0 Å². The third kappa shape index (κ3) is 3.11. The average molecular weight is 204 g/mol. The highest BCUT2D eigenvalue weighted by molar-refractivity contribution is 5.83. The molecule has 7 heteroatoms. The number of rotatable bonds is 6. The maximum absolute atomic E-state index is 10.6. The van der Waals surface area contributed by atoms with Gasteiger partial charge in [-0.3, -0.25) is 9.59 Å². The fourth-order valence-corrected chi connectivity index (χ4v) is 0.886. The van der Waals surface area contributed by atoms with E-state index in [2.05, 4.69) is 0 Å². The molecule has 7 nitrogen and oxygen atoms in total. The second kappa shape index (κ2) is 4.68. The van der Waals surface area contributed by atoms with Crippen molar-refractivity contribution < 1.29 is 24.6 Å². The second-order valence-corrected chi connectivity index (χ2v) is 2.98. The van der Waals surface area contributed by atoms with Crippen LogP contribution in [0.1, 0.15) is 12.8 Å². The van der Waals surface area contributed by atoms with Crippen molar-refractivity contribution in [2.24, 2.45) is 11.5 Å². The molecule has 0 aromatic heterocycles. The zero-order chi connectivity index (χ0) is 11.4. The monoisotopic (exact) mass is 204 g/mol. The molecule has 0 rings (SSSR count). The van der Waals surface area contributed by atoms with Gasteiger partial charge in [0.25, 0.3) is 0 Å². The van der Waals surface area contributed by atoms with Crippen LogP contribution in [0.2, 0.25) is 0 Å². The summed E-state index contributed by atoms with van der Waals surface area (Å²) in [6.45, 7) is 0. The van der Waals surface area contributed by atoms with E-state index in [1.165, 1.54) is 0 Å². The Balaban J connectivity index is 4.59. The minimum Gasteiger partial charge on any atom is -0.480 e. The molecule has 0 aliphatic heterocycles. The van der Waals surface area contributed by atoms with E-state index in [0.717, 1.165) is 0 Å². The quantitative estimate of drug-likeness (QED) is 0.372. The highest BCUT2D eigenvalue weighted by Crippen LogP contribution is 2.13. The van der Waals surface area contributed by atoms with Crippen molar-refractivity contribution >= 4 is 18.2 Å². The van der Waals surface area contributed by atoms with Gasteiger partial charge in [-0.2, -0.15) is 0 Å². The lowest BCUT2D eigenvalue weighted by atomic mass is 9.89. The average Bonchev–Trinajstić information content (AvgIpc) is 2.03. The van der Waals surface area contributed by atoms with Crippen LogP contribution in [-0.2, 0) is 14.4 Å². The number of carbonyl (C=O) groups is 3. The lowest BCUT2D eigenvalue weighted by Crippen LogP contribution is -2.53. The van der Waals surface area contributed by atoms with Crippen molar-refractivity contribution in [1.82, 2.24) is 0 Å². The maximum atomic E-state index is 10.6. The Morgan fingerprint density at radius 1 is 1.43 bits per heavy atom. The summed E-state index contributed by atoms with van der Waals surface area (Å²) in [5.41, 5.74) is 8.52. The molecule has 0 bridgehead atoms. The second-order valence-electron chi connectivity index (χ2n) is 2.98. The molecule has 14 heavy (non-hydrogen) atoms. The van der Waals surface area contributed by atoms with Crippen LogP contribution in [0.3, 0.4) is 0 Å². The van der Waals surface area contributed by atoms with Gasteiger partial charge in [0, 0.05) is 12.8 Å². The molecule has 0 saturated heterocycles. The summed E-state index contributed by atoms with van der Waals surface area (Å²) < 4.78 is 0. The van der Waals surface area contributed by atoms with Crippen LogP contribution in [0.5, 0.6) is 0 Å². The molecule has 80 valence electrons. The fraction of sp³-hybridized carbons (Fsp3) is 0.571. The lowest BCUT2D eigenvalue weighted by molar-refractivity contribution is -0.146. The minimum absolute atomic E-state index is 0.322. The van der Waals surface area contributed by atoms with E-state index in [1.807, 2.05) is 0 Å². The van der Waals surface area contributed by atoms with Crippen LogP contribution >= 0.6 is 0 Å². The number of aliphatic carboxylic acids is 2. The van der Waals surface area contributed by atoms with Gasteiger partial charge in [0.15, 0.2) is 0 Å². The van der Waals surface area contributed by atoms with Crippen molar-refractivity contribution in [3.05, 3.63) is 0 Å². The van der Waals surface area contributed by atoms with Crippen LogP contribution in [0.25, 0.3) is 0 Å². The van der Waals surface area contributed by atoms with Gasteiger partial charge >= 0.3 is 11.9 Å². The first-order chi connectivity index (χ1) is 6.33. The van der Waals surface area contributed by atoms with Crippen LogP contribution in [-0.4, -0.2) is 40.0 Å². The zero-order valence-electron chi connectivity index (χ0n) is 7.34. The van der Waals surface area contributed by atoms with Crippen molar-refractivity contribution in [3.63, 3.8) is 0 Å². The first-order valence-corrected chi connectivity index (χ1v) is 3.78. The minimum atomic E-state index is -1.90. The molecular formula is C7H12N2O5. The SMILES string of the molecule is N[C@@H](C[C@](N)(CC=O)C(=O)O)C(=O)O. The first kappa shape index (κ1) is 12.5. The summed E-state index contributed by atoms with van der Waals surface area (Å²) in [5.74, 6) is -2.80. The van der Waals surface area contributed by atoms with E-state index in [-0.39, 0.29) is 0 Å². The van der Waals surface area contributed by atoms with Crippen molar-refractivity contribution in [2.75, 3.05) is 0 Å². The fourth-order valence-electron chi connectivity index (χ4n) is 0.886. The molecule has 0 aliphatic rings. The maximum Gasteiger partial charge on any atom is 0.324 e. The number of carboxylic acids is 2. The Morgan fingerprint density at radius 3 is 2.21 bits per heavy atom. The van der Waals surface area contributed by atoms with Gasteiger partial charge in [0.1, 0.15) is 17.9 Å². The number of carbonyl (C=O) groups excluding carboxylic acids is 1. The third-order valence-corrected chi connectivity index (χ3v) is 1.77. The molecule has 0 saturated carbocycles. The predicted molar refractivity (Wildman–Crippen MR) is 45.5 cm³/mol. The Morgan fingerprint density at radius 2 is 1.93 bits per heavy atom. The summed E-state index contributed by atoms with van der Waals surface area (Å²) in [6, 6.07) is -1.39. The summed E-state index contributed by atoms with van der Waals surface area (Å²) in [5, 5.41) is 17.1. The van der Waals surface area contributed by atoms with Crippen LogP contribution < -0.4 is 11.5 Å². The molecular weight excluding hydrogens is 192 g/mol. The normalized spacial score (nSPS) is 16.7. The van der Waals surface area contributed by atoms with E-state index < -0.39 is 36.4 Å². The summed E-state index contributed by atoms with van der Waals surface area (Å²) in [4.78, 5) is 31.1. The van der Waals surface area contributed by atoms with E-state index in [1.54, 1.807) is 0 Å². The molecule has 0 spiro atoms. The highest BCUT2D eigenvalue weighted by Gasteiger charge is 2.37. The molecule has 6 N–H and O–H groups in total. The summed E-state index contributed by atoms with van der Waals surface area (Å²) >= 11 is 0. The molecule has 0 radical (unpaired) electrons. The van der Waals surface area contributed by atoms with Gasteiger partial charge < -0.3 is 26.5 Å². The molecule has 0 aromatic rings. The van der Waals surface area contributed by atoms with Gasteiger partial charge in [-0.05, 0) is 0 Å². The number of hydrogen-bond acceptors (Lipinski definition) is 5. The Kier molecular flexibility index (Phi) is 4.19. The first-order valence-electron chi connectivity index (χ1n) is 3.78.